The maximum absolute atomic E-state index is 12.9. The molecule has 1 aromatic rings. The first kappa shape index (κ1) is 15.9. The lowest BCUT2D eigenvalue weighted by Crippen LogP contribution is -2.29. The van der Waals surface area contributed by atoms with Crippen LogP contribution in [0.15, 0.2) is 12.1 Å². The van der Waals surface area contributed by atoms with E-state index in [1.807, 2.05) is 0 Å². The standard InChI is InChI=1S/C14H20F3N3O/c1-13(21)4-3-6-20(7-5-13)12-9-10(14(15,16)17)8-11(18-2)19-12/h8-9,21H,3-7H2,1-2H3,(H,18,19). The molecule has 1 saturated heterocycles. The number of rotatable bonds is 2. The number of pyridine rings is 1. The highest BCUT2D eigenvalue weighted by Crippen LogP contribution is 2.33. The minimum absolute atomic E-state index is 0.191. The number of nitrogens with zero attached hydrogens (tertiary/aromatic N) is 2. The van der Waals surface area contributed by atoms with Crippen molar-refractivity contribution in [3.05, 3.63) is 17.7 Å². The normalized spacial score (nSPS) is 23.8. The van der Waals surface area contributed by atoms with Crippen molar-refractivity contribution in [2.75, 3.05) is 30.4 Å². The molecule has 0 aliphatic carbocycles. The second-order valence-corrected chi connectivity index (χ2v) is 5.68. The van der Waals surface area contributed by atoms with Crippen molar-refractivity contribution in [1.29, 1.82) is 0 Å². The van der Waals surface area contributed by atoms with Crippen LogP contribution in [0, 0.1) is 0 Å². The molecule has 4 nitrogen and oxygen atoms in total. The van der Waals surface area contributed by atoms with Gasteiger partial charge in [-0.3, -0.25) is 0 Å². The summed E-state index contributed by atoms with van der Waals surface area (Å²) in [5, 5.41) is 12.7. The van der Waals surface area contributed by atoms with Gasteiger partial charge in [0, 0.05) is 20.1 Å². The Bertz CT molecular complexity index is 503. The maximum Gasteiger partial charge on any atom is 0.416 e. The highest BCUT2D eigenvalue weighted by molar-refractivity contribution is 5.51. The molecule has 1 fully saturated rings. The van der Waals surface area contributed by atoms with Crippen molar-refractivity contribution in [3.63, 3.8) is 0 Å². The smallest absolute Gasteiger partial charge is 0.390 e. The number of hydrogen-bond donors (Lipinski definition) is 2. The third-order valence-corrected chi connectivity index (χ3v) is 3.78. The van der Waals surface area contributed by atoms with Crippen molar-refractivity contribution in [2.45, 2.75) is 38.0 Å². The largest absolute Gasteiger partial charge is 0.416 e. The van der Waals surface area contributed by atoms with Crippen LogP contribution in [0.2, 0.25) is 0 Å². The van der Waals surface area contributed by atoms with E-state index in [0.29, 0.717) is 31.7 Å². The minimum Gasteiger partial charge on any atom is -0.390 e. The number of halogens is 3. The van der Waals surface area contributed by atoms with E-state index in [4.69, 9.17) is 0 Å². The fourth-order valence-corrected chi connectivity index (χ4v) is 2.46. The zero-order valence-corrected chi connectivity index (χ0v) is 12.2. The summed E-state index contributed by atoms with van der Waals surface area (Å²) >= 11 is 0. The van der Waals surface area contributed by atoms with Gasteiger partial charge in [0.05, 0.1) is 11.2 Å². The van der Waals surface area contributed by atoms with Gasteiger partial charge in [0.1, 0.15) is 11.6 Å². The Morgan fingerprint density at radius 1 is 1.29 bits per heavy atom. The zero-order valence-electron chi connectivity index (χ0n) is 12.2. The molecule has 0 bridgehead atoms. The Labute approximate surface area is 122 Å². The van der Waals surface area contributed by atoms with E-state index >= 15 is 0 Å². The first-order valence-electron chi connectivity index (χ1n) is 6.96. The monoisotopic (exact) mass is 303 g/mol. The Morgan fingerprint density at radius 2 is 2.00 bits per heavy atom. The van der Waals surface area contributed by atoms with E-state index in [1.165, 1.54) is 0 Å². The van der Waals surface area contributed by atoms with Crippen molar-refractivity contribution in [1.82, 2.24) is 4.98 Å². The van der Waals surface area contributed by atoms with E-state index < -0.39 is 17.3 Å². The highest BCUT2D eigenvalue weighted by atomic mass is 19.4. The highest BCUT2D eigenvalue weighted by Gasteiger charge is 2.33. The van der Waals surface area contributed by atoms with Crippen LogP contribution in [0.4, 0.5) is 24.8 Å². The molecule has 118 valence electrons. The second kappa shape index (κ2) is 5.71. The van der Waals surface area contributed by atoms with E-state index in [0.717, 1.165) is 18.6 Å². The summed E-state index contributed by atoms with van der Waals surface area (Å²) in [5.41, 5.74) is -1.48. The molecular weight excluding hydrogens is 283 g/mol. The van der Waals surface area contributed by atoms with Crippen LogP contribution in [0.25, 0.3) is 0 Å². The van der Waals surface area contributed by atoms with Gasteiger partial charge in [0.2, 0.25) is 0 Å². The lowest BCUT2D eigenvalue weighted by Gasteiger charge is -2.24. The van der Waals surface area contributed by atoms with Gasteiger partial charge in [-0.15, -0.1) is 0 Å². The van der Waals surface area contributed by atoms with Crippen LogP contribution < -0.4 is 10.2 Å². The van der Waals surface area contributed by atoms with Crippen molar-refractivity contribution >= 4 is 11.6 Å². The third-order valence-electron chi connectivity index (χ3n) is 3.78. The number of aliphatic hydroxyl groups is 1. The number of alkyl halides is 3. The fraction of sp³-hybridized carbons (Fsp3) is 0.643. The van der Waals surface area contributed by atoms with Gasteiger partial charge in [-0.25, -0.2) is 4.98 Å². The SMILES string of the molecule is CNc1cc(C(F)(F)F)cc(N2CCCC(C)(O)CC2)n1. The Morgan fingerprint density at radius 3 is 2.62 bits per heavy atom. The Kier molecular flexibility index (Phi) is 4.32. The molecule has 1 atom stereocenters. The molecule has 1 aliphatic rings. The predicted molar refractivity (Wildman–Crippen MR) is 75.5 cm³/mol. The lowest BCUT2D eigenvalue weighted by molar-refractivity contribution is -0.137. The van der Waals surface area contributed by atoms with E-state index in [9.17, 15) is 18.3 Å². The molecule has 0 amide bonds. The van der Waals surface area contributed by atoms with E-state index in [2.05, 4.69) is 10.3 Å². The fourth-order valence-electron chi connectivity index (χ4n) is 2.46. The summed E-state index contributed by atoms with van der Waals surface area (Å²) in [6, 6.07) is 2.07. The maximum atomic E-state index is 12.9. The summed E-state index contributed by atoms with van der Waals surface area (Å²) in [6.45, 7) is 2.84. The Balaban J connectivity index is 2.30. The van der Waals surface area contributed by atoms with Crippen LogP contribution >= 0.6 is 0 Å². The van der Waals surface area contributed by atoms with Gasteiger partial charge in [0.15, 0.2) is 0 Å². The summed E-state index contributed by atoms with van der Waals surface area (Å²) in [5.74, 6) is 0.489. The van der Waals surface area contributed by atoms with Crippen LogP contribution in [-0.4, -0.2) is 35.8 Å². The molecule has 0 spiro atoms. The summed E-state index contributed by atoms with van der Waals surface area (Å²) in [6.07, 6.45) is -2.53. The van der Waals surface area contributed by atoms with Crippen LogP contribution in [0.1, 0.15) is 31.7 Å². The van der Waals surface area contributed by atoms with Crippen molar-refractivity contribution in [3.8, 4) is 0 Å². The number of aromatic nitrogens is 1. The molecule has 1 aliphatic heterocycles. The summed E-state index contributed by atoms with van der Waals surface area (Å²) in [7, 11) is 1.54. The molecule has 2 rings (SSSR count). The topological polar surface area (TPSA) is 48.4 Å². The molecule has 2 N–H and O–H groups in total. The number of anilines is 2. The average molecular weight is 303 g/mol. The van der Waals surface area contributed by atoms with Crippen molar-refractivity contribution < 1.29 is 18.3 Å². The van der Waals surface area contributed by atoms with Gasteiger partial charge in [-0.2, -0.15) is 13.2 Å². The molecule has 0 radical (unpaired) electrons. The molecule has 7 heteroatoms. The molecule has 2 heterocycles. The van der Waals surface area contributed by atoms with Crippen molar-refractivity contribution in [2.24, 2.45) is 0 Å². The van der Waals surface area contributed by atoms with E-state index in [1.54, 1.807) is 18.9 Å². The average Bonchev–Trinajstić information content (AvgIpc) is 2.58. The number of nitrogens with one attached hydrogen (secondary N) is 1. The van der Waals surface area contributed by atoms with Crippen LogP contribution in [0.3, 0.4) is 0 Å². The predicted octanol–water partition coefficient (Wildman–Crippen LogP) is 2.88. The number of hydrogen-bond acceptors (Lipinski definition) is 4. The van der Waals surface area contributed by atoms with Crippen LogP contribution in [-0.2, 0) is 6.18 Å². The van der Waals surface area contributed by atoms with E-state index in [-0.39, 0.29) is 5.82 Å². The first-order valence-corrected chi connectivity index (χ1v) is 6.96. The minimum atomic E-state index is -4.40. The first-order chi connectivity index (χ1) is 9.71. The summed E-state index contributed by atoms with van der Waals surface area (Å²) < 4.78 is 38.8. The van der Waals surface area contributed by atoms with Crippen LogP contribution in [0.5, 0.6) is 0 Å². The zero-order chi connectivity index (χ0) is 15.7. The van der Waals surface area contributed by atoms with Gasteiger partial charge >= 0.3 is 6.18 Å². The van der Waals surface area contributed by atoms with Gasteiger partial charge < -0.3 is 15.3 Å². The Hall–Kier alpha value is -1.50. The quantitative estimate of drug-likeness (QED) is 0.882. The van der Waals surface area contributed by atoms with Gasteiger partial charge in [-0.05, 0) is 38.3 Å². The third kappa shape index (κ3) is 4.00. The molecule has 0 saturated carbocycles. The van der Waals surface area contributed by atoms with Gasteiger partial charge in [-0.1, -0.05) is 0 Å². The van der Waals surface area contributed by atoms with Gasteiger partial charge in [0.25, 0.3) is 0 Å². The molecular formula is C14H20F3N3O. The summed E-state index contributed by atoms with van der Waals surface area (Å²) in [4.78, 5) is 6.01. The molecule has 1 aromatic heterocycles. The lowest BCUT2D eigenvalue weighted by atomic mass is 9.98. The molecule has 0 aromatic carbocycles. The molecule has 21 heavy (non-hydrogen) atoms. The molecule has 1 unspecified atom stereocenters. The second-order valence-electron chi connectivity index (χ2n) is 5.68.